The zero-order chi connectivity index (χ0) is 13.7. The van der Waals surface area contributed by atoms with Gasteiger partial charge in [-0.3, -0.25) is 0 Å². The predicted octanol–water partition coefficient (Wildman–Crippen LogP) is -1.56. The second-order valence-electron chi connectivity index (χ2n) is 3.99. The van der Waals surface area contributed by atoms with Crippen LogP contribution in [0.2, 0.25) is 0 Å². The minimum absolute atomic E-state index is 0.173. The van der Waals surface area contributed by atoms with Gasteiger partial charge < -0.3 is 0 Å². The number of amides is 2. The van der Waals surface area contributed by atoms with Crippen LogP contribution in [0.5, 0.6) is 0 Å². The van der Waals surface area contributed by atoms with Crippen LogP contribution in [0.3, 0.4) is 0 Å². The zero-order valence-electron chi connectivity index (χ0n) is 10.3. The van der Waals surface area contributed by atoms with E-state index >= 15 is 0 Å². The monoisotopic (exact) mass is 297 g/mol. The first-order chi connectivity index (χ1) is 9.22. The molecule has 0 bridgehead atoms. The number of carbonyl (C=O) groups is 2. The molecule has 0 unspecified atom stereocenters. The Morgan fingerprint density at radius 2 is 2.00 bits per heavy atom. The van der Waals surface area contributed by atoms with Crippen LogP contribution in [-0.2, 0) is 26.6 Å². The zero-order valence-corrected chi connectivity index (χ0v) is 11.7. The van der Waals surface area contributed by atoms with E-state index in [0.717, 1.165) is 0 Å². The molecule has 0 saturated heterocycles. The Morgan fingerprint density at radius 1 is 1.21 bits per heavy atom. The van der Waals surface area contributed by atoms with Gasteiger partial charge in [-0.05, 0) is 0 Å². The van der Waals surface area contributed by atoms with E-state index in [-0.39, 0.29) is 11.8 Å². The molecule has 0 aliphatic carbocycles. The molecule has 0 fully saturated rings. The minimum atomic E-state index is -0.209. The predicted molar refractivity (Wildman–Crippen MR) is 68.6 cm³/mol. The van der Waals surface area contributed by atoms with Crippen molar-refractivity contribution in [3.8, 4) is 0 Å². The molecule has 0 aromatic carbocycles. The average Bonchev–Trinajstić information content (AvgIpc) is 2.62. The number of hydrogen-bond acceptors (Lipinski definition) is 4. The van der Waals surface area contributed by atoms with Gasteiger partial charge in [-0.25, -0.2) is 0 Å². The summed E-state index contributed by atoms with van der Waals surface area (Å²) in [5.74, 6) is -0.382. The van der Waals surface area contributed by atoms with Crippen molar-refractivity contribution in [3.05, 3.63) is 23.4 Å². The van der Waals surface area contributed by atoms with Gasteiger partial charge in [0.1, 0.15) is 0 Å². The third-order valence-corrected chi connectivity index (χ3v) is 2.92. The SMILES string of the molecule is O=C1C=C(/C(=C\[CH]=[V])C2=NCCNC2=O)NCCN1. The fraction of sp³-hybridized carbons (Fsp3) is 0.333. The molecule has 6 nitrogen and oxygen atoms in total. The molecule has 0 radical (unpaired) electrons. The molecule has 99 valence electrons. The molecule has 2 amide bonds. The number of allylic oxidation sites excluding steroid dienone is 2. The molecule has 2 aliphatic rings. The normalized spacial score (nSPS) is 20.3. The van der Waals surface area contributed by atoms with Gasteiger partial charge in [0.2, 0.25) is 0 Å². The molecule has 0 aromatic heterocycles. The number of nitrogens with zero attached hydrogens (tertiary/aromatic N) is 1. The van der Waals surface area contributed by atoms with E-state index in [1.807, 2.05) is 0 Å². The summed E-state index contributed by atoms with van der Waals surface area (Å²) in [6.07, 6.45) is 3.22. The molecule has 0 spiro atoms. The molecule has 0 saturated carbocycles. The maximum absolute atomic E-state index is 11.9. The van der Waals surface area contributed by atoms with Gasteiger partial charge in [-0.2, -0.15) is 0 Å². The summed E-state index contributed by atoms with van der Waals surface area (Å²) in [6, 6.07) is 0. The first-order valence-corrected chi connectivity index (χ1v) is 6.77. The van der Waals surface area contributed by atoms with Crippen molar-refractivity contribution in [2.75, 3.05) is 26.2 Å². The number of rotatable bonds is 3. The van der Waals surface area contributed by atoms with Crippen molar-refractivity contribution in [1.82, 2.24) is 16.0 Å². The number of hydrogen-bond donors (Lipinski definition) is 3. The molecule has 3 N–H and O–H groups in total. The quantitative estimate of drug-likeness (QED) is 0.589. The Labute approximate surface area is 119 Å². The van der Waals surface area contributed by atoms with Crippen LogP contribution in [0.25, 0.3) is 0 Å². The summed E-state index contributed by atoms with van der Waals surface area (Å²) in [6.45, 7) is 2.27. The van der Waals surface area contributed by atoms with Crippen LogP contribution < -0.4 is 16.0 Å². The second kappa shape index (κ2) is 6.49. The van der Waals surface area contributed by atoms with Crippen LogP contribution in [0.15, 0.2) is 28.4 Å². The molecule has 2 aliphatic heterocycles. The summed E-state index contributed by atoms with van der Waals surface area (Å²) in [5.41, 5.74) is 1.62. The van der Waals surface area contributed by atoms with Crippen molar-refractivity contribution < 1.29 is 26.6 Å². The van der Waals surface area contributed by atoms with Crippen LogP contribution in [0.1, 0.15) is 0 Å². The number of nitrogens with one attached hydrogen (secondary N) is 3. The molecular weight excluding hydrogens is 283 g/mol. The topological polar surface area (TPSA) is 82.6 Å². The Hall–Kier alpha value is -1.66. The molecule has 0 aromatic rings. The van der Waals surface area contributed by atoms with Crippen LogP contribution in [-0.4, -0.2) is 48.4 Å². The fourth-order valence-electron chi connectivity index (χ4n) is 1.86. The molecule has 0 atom stereocenters. The van der Waals surface area contributed by atoms with E-state index in [9.17, 15) is 9.59 Å². The second-order valence-corrected chi connectivity index (χ2v) is 4.46. The Bertz CT molecular complexity index is 508. The Balaban J connectivity index is 2.37. The third-order valence-electron chi connectivity index (χ3n) is 2.68. The first-order valence-electron chi connectivity index (χ1n) is 5.97. The number of carbonyl (C=O) groups excluding carboxylic acids is 2. The van der Waals surface area contributed by atoms with E-state index in [2.05, 4.69) is 37.9 Å². The van der Waals surface area contributed by atoms with Crippen LogP contribution >= 0.6 is 0 Å². The van der Waals surface area contributed by atoms with Crippen molar-refractivity contribution in [2.24, 2.45) is 4.99 Å². The van der Waals surface area contributed by atoms with Crippen molar-refractivity contribution in [2.45, 2.75) is 0 Å². The molecular formula is C12H14N4O2V. The fourth-order valence-corrected chi connectivity index (χ4v) is 2.09. The van der Waals surface area contributed by atoms with Gasteiger partial charge in [0.15, 0.2) is 0 Å². The van der Waals surface area contributed by atoms with Gasteiger partial charge >= 0.3 is 119 Å². The molecule has 2 heterocycles. The Kier molecular flexibility index (Phi) is 4.71. The van der Waals surface area contributed by atoms with Gasteiger partial charge in [0, 0.05) is 0 Å². The van der Waals surface area contributed by atoms with E-state index in [1.54, 1.807) is 10.8 Å². The van der Waals surface area contributed by atoms with Gasteiger partial charge in [-0.1, -0.05) is 0 Å². The van der Waals surface area contributed by atoms with E-state index in [0.29, 0.717) is 43.2 Å². The average molecular weight is 297 g/mol. The molecule has 7 heteroatoms. The molecule has 19 heavy (non-hydrogen) atoms. The summed E-state index contributed by atoms with van der Waals surface area (Å²) in [5, 5.41) is 8.61. The Morgan fingerprint density at radius 3 is 2.74 bits per heavy atom. The summed E-state index contributed by atoms with van der Waals surface area (Å²) in [7, 11) is 0. The van der Waals surface area contributed by atoms with E-state index in [1.165, 1.54) is 6.08 Å². The summed E-state index contributed by atoms with van der Waals surface area (Å²) >= 11 is 2.30. The van der Waals surface area contributed by atoms with Gasteiger partial charge in [0.05, 0.1) is 0 Å². The van der Waals surface area contributed by atoms with Crippen LogP contribution in [0.4, 0.5) is 0 Å². The van der Waals surface area contributed by atoms with E-state index in [4.69, 9.17) is 0 Å². The standard InChI is InChI=1S/C12H14N4O2.V/c1-2-8(11-12(18)16-6-5-15-11)9-7-10(17)14-4-3-13-9;/h1-2,7,13H,3-6H2,(H,14,17)(H,16,18);/b8-2+;. The van der Waals surface area contributed by atoms with Gasteiger partial charge in [0.25, 0.3) is 0 Å². The first kappa shape index (κ1) is 13.8. The molecule has 2 rings (SSSR count). The number of aliphatic imine (C=N–C) groups is 1. The van der Waals surface area contributed by atoms with Crippen molar-refractivity contribution in [3.63, 3.8) is 0 Å². The third kappa shape index (κ3) is 3.42. The van der Waals surface area contributed by atoms with Crippen molar-refractivity contribution >= 4 is 22.3 Å². The van der Waals surface area contributed by atoms with Gasteiger partial charge in [-0.15, -0.1) is 0 Å². The summed E-state index contributed by atoms with van der Waals surface area (Å²) < 4.78 is 1.76. The van der Waals surface area contributed by atoms with Crippen molar-refractivity contribution in [1.29, 1.82) is 0 Å². The van der Waals surface area contributed by atoms with Crippen LogP contribution in [0, 0.1) is 0 Å². The maximum atomic E-state index is 11.9. The summed E-state index contributed by atoms with van der Waals surface area (Å²) in [4.78, 5) is 27.7. The van der Waals surface area contributed by atoms with E-state index < -0.39 is 0 Å².